The van der Waals surface area contributed by atoms with E-state index in [4.69, 9.17) is 0 Å². The zero-order chi connectivity index (χ0) is 17.3. The molecule has 25 heavy (non-hydrogen) atoms. The highest BCUT2D eigenvalue weighted by atomic mass is 79.9. The number of halogens is 4. The molecule has 3 rings (SSSR count). The van der Waals surface area contributed by atoms with Gasteiger partial charge in [0.15, 0.2) is 11.6 Å². The van der Waals surface area contributed by atoms with Gasteiger partial charge in [0.1, 0.15) is 5.69 Å². The molecular formula is C17H19BrClF2N3O. The van der Waals surface area contributed by atoms with Crippen LogP contribution in [-0.4, -0.2) is 29.6 Å². The van der Waals surface area contributed by atoms with Crippen molar-refractivity contribution < 1.29 is 13.6 Å². The lowest BCUT2D eigenvalue weighted by Gasteiger charge is -2.33. The first-order valence-corrected chi connectivity index (χ1v) is 8.53. The average molecular weight is 435 g/mol. The highest BCUT2D eigenvalue weighted by Gasteiger charge is 2.29. The van der Waals surface area contributed by atoms with E-state index in [1.807, 2.05) is 0 Å². The number of hydrogen-bond donors (Lipinski definition) is 2. The molecule has 136 valence electrons. The summed E-state index contributed by atoms with van der Waals surface area (Å²) in [5.41, 5.74) is 1.24. The van der Waals surface area contributed by atoms with Crippen LogP contribution in [0.25, 0.3) is 0 Å². The van der Waals surface area contributed by atoms with Crippen LogP contribution in [0.2, 0.25) is 0 Å². The van der Waals surface area contributed by atoms with Crippen LogP contribution >= 0.6 is 28.3 Å². The molecule has 1 amide bonds. The van der Waals surface area contributed by atoms with Crippen molar-refractivity contribution in [1.82, 2.24) is 15.2 Å². The Labute approximate surface area is 159 Å². The van der Waals surface area contributed by atoms with E-state index in [9.17, 15) is 13.6 Å². The molecule has 1 aliphatic heterocycles. The molecule has 2 heterocycles. The lowest BCUT2D eigenvalue weighted by Crippen LogP contribution is -2.50. The Balaban J connectivity index is 0.00000225. The Morgan fingerprint density at radius 3 is 2.72 bits per heavy atom. The lowest BCUT2D eigenvalue weighted by atomic mass is 9.86. The number of carbonyl (C=O) groups excluding carboxylic acids is 1. The Hall–Kier alpha value is -1.44. The molecule has 0 aliphatic carbocycles. The predicted octanol–water partition coefficient (Wildman–Crippen LogP) is 3.36. The molecule has 1 aliphatic rings. The summed E-state index contributed by atoms with van der Waals surface area (Å²) in [7, 11) is 1.80. The van der Waals surface area contributed by atoms with Gasteiger partial charge >= 0.3 is 0 Å². The van der Waals surface area contributed by atoms with Crippen molar-refractivity contribution in [2.75, 3.05) is 13.1 Å². The molecular weight excluding hydrogens is 416 g/mol. The van der Waals surface area contributed by atoms with Crippen molar-refractivity contribution in [3.8, 4) is 0 Å². The SMILES string of the molecule is Cl.Cn1cc(Br)cc1C(=O)NC1CNCCC1c1ccc(F)c(F)c1. The van der Waals surface area contributed by atoms with Gasteiger partial charge in [0.05, 0.1) is 0 Å². The maximum Gasteiger partial charge on any atom is 0.268 e. The van der Waals surface area contributed by atoms with Crippen molar-refractivity contribution in [3.63, 3.8) is 0 Å². The number of hydrogen-bond acceptors (Lipinski definition) is 2. The lowest BCUT2D eigenvalue weighted by molar-refractivity contribution is 0.0916. The number of benzene rings is 1. The van der Waals surface area contributed by atoms with Gasteiger partial charge in [0.25, 0.3) is 5.91 Å². The molecule has 2 aromatic rings. The zero-order valence-electron chi connectivity index (χ0n) is 13.6. The van der Waals surface area contributed by atoms with E-state index in [1.165, 1.54) is 6.07 Å². The summed E-state index contributed by atoms with van der Waals surface area (Å²) in [6, 6.07) is 5.51. The maximum atomic E-state index is 13.6. The Kier molecular flexibility index (Phi) is 6.59. The first-order valence-electron chi connectivity index (χ1n) is 7.74. The molecule has 2 N–H and O–H groups in total. The largest absolute Gasteiger partial charge is 0.346 e. The second-order valence-electron chi connectivity index (χ2n) is 6.01. The Morgan fingerprint density at radius 1 is 1.32 bits per heavy atom. The van der Waals surface area contributed by atoms with Crippen LogP contribution in [0.4, 0.5) is 8.78 Å². The molecule has 1 saturated heterocycles. The van der Waals surface area contributed by atoms with Gasteiger partial charge in [-0.3, -0.25) is 4.79 Å². The fourth-order valence-corrected chi connectivity index (χ4v) is 3.67. The van der Waals surface area contributed by atoms with E-state index in [-0.39, 0.29) is 30.3 Å². The van der Waals surface area contributed by atoms with E-state index in [0.717, 1.165) is 23.5 Å². The number of piperidine rings is 1. The monoisotopic (exact) mass is 433 g/mol. The number of rotatable bonds is 3. The standard InChI is InChI=1S/C17H18BrF2N3O.ClH/c1-23-9-11(18)7-16(23)17(24)22-15-8-21-5-4-12(15)10-2-3-13(19)14(20)6-10;/h2-3,6-7,9,12,15,21H,4-5,8H2,1H3,(H,22,24);1H. The van der Waals surface area contributed by atoms with Crippen molar-refractivity contribution in [2.45, 2.75) is 18.4 Å². The Bertz CT molecular complexity index is 768. The maximum absolute atomic E-state index is 13.6. The molecule has 2 unspecified atom stereocenters. The number of aromatic nitrogens is 1. The van der Waals surface area contributed by atoms with Crippen molar-refractivity contribution >= 4 is 34.2 Å². The molecule has 2 atom stereocenters. The van der Waals surface area contributed by atoms with Crippen LogP contribution in [0.15, 0.2) is 34.9 Å². The van der Waals surface area contributed by atoms with Crippen LogP contribution in [0.1, 0.15) is 28.4 Å². The molecule has 8 heteroatoms. The van der Waals surface area contributed by atoms with Gasteiger partial charge in [-0.05, 0) is 52.7 Å². The Morgan fingerprint density at radius 2 is 2.08 bits per heavy atom. The van der Waals surface area contributed by atoms with E-state index < -0.39 is 11.6 Å². The quantitative estimate of drug-likeness (QED) is 0.778. The van der Waals surface area contributed by atoms with E-state index in [1.54, 1.807) is 29.9 Å². The fraction of sp³-hybridized carbons (Fsp3) is 0.353. The number of carbonyl (C=O) groups is 1. The number of aryl methyl sites for hydroxylation is 1. The average Bonchev–Trinajstić information content (AvgIpc) is 2.89. The highest BCUT2D eigenvalue weighted by Crippen LogP contribution is 2.27. The van der Waals surface area contributed by atoms with Gasteiger partial charge in [-0.25, -0.2) is 8.78 Å². The second kappa shape index (κ2) is 8.29. The molecule has 0 saturated carbocycles. The van der Waals surface area contributed by atoms with Crippen molar-refractivity contribution in [2.24, 2.45) is 7.05 Å². The van der Waals surface area contributed by atoms with Crippen LogP contribution in [-0.2, 0) is 7.05 Å². The summed E-state index contributed by atoms with van der Waals surface area (Å²) in [4.78, 5) is 12.5. The van der Waals surface area contributed by atoms with Crippen LogP contribution in [0, 0.1) is 11.6 Å². The molecule has 1 aromatic carbocycles. The number of amides is 1. The molecule has 0 radical (unpaired) electrons. The molecule has 0 bridgehead atoms. The molecule has 4 nitrogen and oxygen atoms in total. The predicted molar refractivity (Wildman–Crippen MR) is 98.2 cm³/mol. The summed E-state index contributed by atoms with van der Waals surface area (Å²) >= 11 is 3.35. The van der Waals surface area contributed by atoms with Crippen molar-refractivity contribution in [3.05, 3.63) is 57.8 Å². The normalized spacial score (nSPS) is 20.0. The third-order valence-electron chi connectivity index (χ3n) is 4.37. The second-order valence-corrected chi connectivity index (χ2v) is 6.92. The number of nitrogens with zero attached hydrogens (tertiary/aromatic N) is 1. The molecule has 0 spiro atoms. The topological polar surface area (TPSA) is 46.1 Å². The summed E-state index contributed by atoms with van der Waals surface area (Å²) in [5.74, 6) is -1.97. The van der Waals surface area contributed by atoms with Gasteiger partial charge in [-0.1, -0.05) is 6.07 Å². The summed E-state index contributed by atoms with van der Waals surface area (Å²) < 4.78 is 29.3. The molecule has 1 aromatic heterocycles. The van der Waals surface area contributed by atoms with Gasteiger partial charge < -0.3 is 15.2 Å². The van der Waals surface area contributed by atoms with Gasteiger partial charge in [-0.2, -0.15) is 0 Å². The zero-order valence-corrected chi connectivity index (χ0v) is 16.0. The van der Waals surface area contributed by atoms with Gasteiger partial charge in [0, 0.05) is 36.2 Å². The summed E-state index contributed by atoms with van der Waals surface area (Å²) in [5, 5.41) is 6.25. The van der Waals surface area contributed by atoms with E-state index in [2.05, 4.69) is 26.6 Å². The van der Waals surface area contributed by atoms with Crippen LogP contribution in [0.3, 0.4) is 0 Å². The fourth-order valence-electron chi connectivity index (χ4n) is 3.14. The van der Waals surface area contributed by atoms with Crippen molar-refractivity contribution in [1.29, 1.82) is 0 Å². The minimum Gasteiger partial charge on any atom is -0.346 e. The van der Waals surface area contributed by atoms with Crippen LogP contribution < -0.4 is 10.6 Å². The summed E-state index contributed by atoms with van der Waals surface area (Å²) in [6.45, 7) is 1.35. The first kappa shape index (κ1) is 19.9. The third kappa shape index (κ3) is 4.40. The number of nitrogens with one attached hydrogen (secondary N) is 2. The third-order valence-corrected chi connectivity index (χ3v) is 4.81. The summed E-state index contributed by atoms with van der Waals surface area (Å²) in [6.07, 6.45) is 2.55. The van der Waals surface area contributed by atoms with Gasteiger partial charge in [0.2, 0.25) is 0 Å². The van der Waals surface area contributed by atoms with Gasteiger partial charge in [-0.15, -0.1) is 12.4 Å². The molecule has 1 fully saturated rings. The van der Waals surface area contributed by atoms with E-state index in [0.29, 0.717) is 17.8 Å². The van der Waals surface area contributed by atoms with Crippen LogP contribution in [0.5, 0.6) is 0 Å². The minimum absolute atomic E-state index is 0. The van der Waals surface area contributed by atoms with E-state index >= 15 is 0 Å². The highest BCUT2D eigenvalue weighted by molar-refractivity contribution is 9.10. The smallest absolute Gasteiger partial charge is 0.268 e. The first-order chi connectivity index (χ1) is 11.5. The minimum atomic E-state index is -0.859.